The van der Waals surface area contributed by atoms with Crippen LogP contribution in [0.5, 0.6) is 0 Å². The van der Waals surface area contributed by atoms with Gasteiger partial charge in [-0.05, 0) is 12.1 Å². The van der Waals surface area contributed by atoms with Gasteiger partial charge in [0, 0.05) is 18.1 Å². The maximum Gasteiger partial charge on any atom is 0.338 e. The van der Waals surface area contributed by atoms with Crippen LogP contribution in [0, 0.1) is 0 Å². The maximum atomic E-state index is 11.1. The third-order valence-electron chi connectivity index (χ3n) is 1.24. The Morgan fingerprint density at radius 3 is 2.75 bits per heavy atom. The molecular weight excluding hydrogens is 174 g/mol. The average molecular weight is 183 g/mol. The molecule has 0 aliphatic rings. The molecule has 3 nitrogen and oxygen atoms in total. The summed E-state index contributed by atoms with van der Waals surface area (Å²) in [5, 5.41) is 0. The molecule has 0 atom stereocenters. The van der Waals surface area contributed by atoms with Crippen LogP contribution in [0.25, 0.3) is 0 Å². The van der Waals surface area contributed by atoms with Crippen molar-refractivity contribution < 1.29 is 9.53 Å². The molecule has 1 heterocycles. The number of nitrogens with zero attached hydrogens (tertiary/aromatic N) is 1. The molecule has 0 spiro atoms. The lowest BCUT2D eigenvalue weighted by Crippen LogP contribution is -2.06. The van der Waals surface area contributed by atoms with E-state index in [4.69, 9.17) is 4.74 Å². The monoisotopic (exact) mass is 183 g/mol. The molecule has 0 bridgehead atoms. The third kappa shape index (κ3) is 2.54. The fraction of sp³-hybridized carbons (Fsp3) is 0.250. The first kappa shape index (κ1) is 9.06. The van der Waals surface area contributed by atoms with Crippen molar-refractivity contribution in [3.05, 3.63) is 30.1 Å². The quantitative estimate of drug-likeness (QED) is 0.564. The van der Waals surface area contributed by atoms with Gasteiger partial charge in [-0.25, -0.2) is 4.79 Å². The molecular formula is C8H9NO2S. The SMILES string of the molecule is O=C(OCCS)c1ccncc1. The molecule has 12 heavy (non-hydrogen) atoms. The zero-order valence-electron chi connectivity index (χ0n) is 6.43. The number of ether oxygens (including phenoxy) is 1. The number of carbonyl (C=O) groups is 1. The summed E-state index contributed by atoms with van der Waals surface area (Å²) in [6, 6.07) is 3.22. The van der Waals surface area contributed by atoms with Gasteiger partial charge < -0.3 is 4.74 Å². The van der Waals surface area contributed by atoms with Gasteiger partial charge in [-0.1, -0.05) is 0 Å². The Morgan fingerprint density at radius 2 is 2.17 bits per heavy atom. The van der Waals surface area contributed by atoms with Gasteiger partial charge in [0.05, 0.1) is 5.56 Å². The molecule has 0 aliphatic carbocycles. The van der Waals surface area contributed by atoms with Crippen LogP contribution in [-0.2, 0) is 4.74 Å². The number of hydrogen-bond donors (Lipinski definition) is 1. The van der Waals surface area contributed by atoms with E-state index in [1.807, 2.05) is 0 Å². The van der Waals surface area contributed by atoms with E-state index in [2.05, 4.69) is 17.6 Å². The molecule has 1 aromatic rings. The van der Waals surface area contributed by atoms with E-state index < -0.39 is 0 Å². The standard InChI is InChI=1S/C8H9NO2S/c10-8(11-5-6-12)7-1-3-9-4-2-7/h1-4,12H,5-6H2. The maximum absolute atomic E-state index is 11.1. The summed E-state index contributed by atoms with van der Waals surface area (Å²) >= 11 is 3.92. The van der Waals surface area contributed by atoms with Crippen LogP contribution >= 0.6 is 12.6 Å². The zero-order valence-corrected chi connectivity index (χ0v) is 7.33. The summed E-state index contributed by atoms with van der Waals surface area (Å²) in [7, 11) is 0. The molecule has 4 heteroatoms. The highest BCUT2D eigenvalue weighted by Gasteiger charge is 2.03. The largest absolute Gasteiger partial charge is 0.461 e. The molecule has 0 aliphatic heterocycles. The summed E-state index contributed by atoms with van der Waals surface area (Å²) in [6.07, 6.45) is 3.11. The predicted octanol–water partition coefficient (Wildman–Crippen LogP) is 1.17. The third-order valence-corrected chi connectivity index (χ3v) is 1.42. The van der Waals surface area contributed by atoms with E-state index in [-0.39, 0.29) is 5.97 Å². The molecule has 0 unspecified atom stereocenters. The van der Waals surface area contributed by atoms with Gasteiger partial charge >= 0.3 is 5.97 Å². The predicted molar refractivity (Wildman–Crippen MR) is 48.4 cm³/mol. The van der Waals surface area contributed by atoms with Crippen LogP contribution in [0.2, 0.25) is 0 Å². The summed E-state index contributed by atoms with van der Waals surface area (Å²) in [5.41, 5.74) is 0.520. The highest BCUT2D eigenvalue weighted by Crippen LogP contribution is 1.98. The Morgan fingerprint density at radius 1 is 1.50 bits per heavy atom. The van der Waals surface area contributed by atoms with Crippen LogP contribution in [-0.4, -0.2) is 23.3 Å². The van der Waals surface area contributed by atoms with Gasteiger partial charge in [0.1, 0.15) is 6.61 Å². The lowest BCUT2D eigenvalue weighted by atomic mass is 10.3. The van der Waals surface area contributed by atoms with E-state index >= 15 is 0 Å². The van der Waals surface area contributed by atoms with Gasteiger partial charge in [-0.2, -0.15) is 12.6 Å². The topological polar surface area (TPSA) is 39.2 Å². The minimum atomic E-state index is -0.327. The van der Waals surface area contributed by atoms with Crippen molar-refractivity contribution in [2.75, 3.05) is 12.4 Å². The van der Waals surface area contributed by atoms with Crippen molar-refractivity contribution in [1.29, 1.82) is 0 Å². The molecule has 0 fully saturated rings. The van der Waals surface area contributed by atoms with Crippen molar-refractivity contribution >= 4 is 18.6 Å². The van der Waals surface area contributed by atoms with Crippen molar-refractivity contribution in [3.8, 4) is 0 Å². The first-order valence-corrected chi connectivity index (χ1v) is 4.16. The molecule has 0 saturated heterocycles. The smallest absolute Gasteiger partial charge is 0.338 e. The minimum Gasteiger partial charge on any atom is -0.461 e. The minimum absolute atomic E-state index is 0.327. The van der Waals surface area contributed by atoms with Gasteiger partial charge in [0.25, 0.3) is 0 Å². The molecule has 1 rings (SSSR count). The Bertz CT molecular complexity index is 250. The molecule has 0 saturated carbocycles. The summed E-state index contributed by atoms with van der Waals surface area (Å²) in [6.45, 7) is 0.338. The van der Waals surface area contributed by atoms with E-state index in [0.717, 1.165) is 0 Å². The Labute approximate surface area is 76.2 Å². The molecule has 64 valence electrons. The summed E-state index contributed by atoms with van der Waals surface area (Å²) in [5.74, 6) is 0.211. The fourth-order valence-corrected chi connectivity index (χ4v) is 0.801. The summed E-state index contributed by atoms with van der Waals surface area (Å²) in [4.78, 5) is 14.9. The van der Waals surface area contributed by atoms with Crippen LogP contribution in [0.1, 0.15) is 10.4 Å². The first-order valence-electron chi connectivity index (χ1n) is 3.52. The number of carbonyl (C=O) groups excluding carboxylic acids is 1. The van der Waals surface area contributed by atoms with Gasteiger partial charge in [-0.3, -0.25) is 4.98 Å². The Kier molecular flexibility index (Phi) is 3.60. The van der Waals surface area contributed by atoms with Gasteiger partial charge in [0.15, 0.2) is 0 Å². The second kappa shape index (κ2) is 4.77. The fourth-order valence-electron chi connectivity index (χ4n) is 0.710. The van der Waals surface area contributed by atoms with Crippen LogP contribution < -0.4 is 0 Å². The number of rotatable bonds is 3. The second-order valence-corrected chi connectivity index (χ2v) is 2.54. The Balaban J connectivity index is 2.54. The number of aromatic nitrogens is 1. The van der Waals surface area contributed by atoms with Crippen LogP contribution in [0.4, 0.5) is 0 Å². The number of pyridine rings is 1. The van der Waals surface area contributed by atoms with Crippen LogP contribution in [0.15, 0.2) is 24.5 Å². The van der Waals surface area contributed by atoms with E-state index in [9.17, 15) is 4.79 Å². The van der Waals surface area contributed by atoms with Crippen LogP contribution in [0.3, 0.4) is 0 Å². The summed E-state index contributed by atoms with van der Waals surface area (Å²) < 4.78 is 4.83. The number of esters is 1. The van der Waals surface area contributed by atoms with E-state index in [1.54, 1.807) is 24.5 Å². The van der Waals surface area contributed by atoms with E-state index in [0.29, 0.717) is 17.9 Å². The number of hydrogen-bond acceptors (Lipinski definition) is 4. The molecule has 0 N–H and O–H groups in total. The van der Waals surface area contributed by atoms with Crippen molar-refractivity contribution in [2.45, 2.75) is 0 Å². The van der Waals surface area contributed by atoms with Gasteiger partial charge in [0.2, 0.25) is 0 Å². The van der Waals surface area contributed by atoms with Crippen molar-refractivity contribution in [1.82, 2.24) is 4.98 Å². The first-order chi connectivity index (χ1) is 5.84. The molecule has 0 amide bonds. The lowest BCUT2D eigenvalue weighted by molar-refractivity contribution is 0.0530. The van der Waals surface area contributed by atoms with E-state index in [1.165, 1.54) is 0 Å². The Hall–Kier alpha value is -1.03. The molecule has 0 aromatic carbocycles. The zero-order chi connectivity index (χ0) is 8.81. The molecule has 0 radical (unpaired) electrons. The van der Waals surface area contributed by atoms with Gasteiger partial charge in [-0.15, -0.1) is 0 Å². The highest BCUT2D eigenvalue weighted by atomic mass is 32.1. The lowest BCUT2D eigenvalue weighted by Gasteiger charge is -2.00. The molecule has 1 aromatic heterocycles. The second-order valence-electron chi connectivity index (χ2n) is 2.10. The average Bonchev–Trinajstić information content (AvgIpc) is 2.15. The van der Waals surface area contributed by atoms with Crippen molar-refractivity contribution in [3.63, 3.8) is 0 Å². The highest BCUT2D eigenvalue weighted by molar-refractivity contribution is 7.80. The normalized spacial score (nSPS) is 9.42. The van der Waals surface area contributed by atoms with Crippen molar-refractivity contribution in [2.24, 2.45) is 0 Å². The number of thiol groups is 1.